The van der Waals surface area contributed by atoms with Crippen LogP contribution in [0.4, 0.5) is 0 Å². The van der Waals surface area contributed by atoms with E-state index in [1.165, 1.54) is 18.4 Å². The predicted molar refractivity (Wildman–Crippen MR) is 118 cm³/mol. The first-order valence-electron chi connectivity index (χ1n) is 9.97. The first-order chi connectivity index (χ1) is 14.2. The Labute approximate surface area is 179 Å². The summed E-state index contributed by atoms with van der Waals surface area (Å²) in [6, 6.07) is 16.4. The van der Waals surface area contributed by atoms with Crippen molar-refractivity contribution < 1.29 is 0 Å². The van der Waals surface area contributed by atoms with E-state index in [9.17, 15) is 0 Å². The fourth-order valence-corrected chi connectivity index (χ4v) is 4.80. The standard InChI is InChI=1S/C22H22ClN5S/c1-2-27-21(16-8-9-16)25-26-22(27)29-14-20-24-18-12-17(23)10-11-19(18)28(20)13-15-6-4-3-5-7-15/h3-7,10-12,16H,2,8-9,13-14H2,1H3. The van der Waals surface area contributed by atoms with Gasteiger partial charge in [0.2, 0.25) is 0 Å². The normalized spacial score (nSPS) is 14.0. The molecule has 0 atom stereocenters. The Morgan fingerprint density at radius 3 is 2.66 bits per heavy atom. The van der Waals surface area contributed by atoms with E-state index in [2.05, 4.69) is 56.6 Å². The second-order valence-electron chi connectivity index (χ2n) is 7.38. The summed E-state index contributed by atoms with van der Waals surface area (Å²) in [6.45, 7) is 3.84. The minimum atomic E-state index is 0.599. The largest absolute Gasteiger partial charge is 0.323 e. The maximum absolute atomic E-state index is 6.22. The monoisotopic (exact) mass is 423 g/mol. The number of aromatic nitrogens is 5. The SMILES string of the molecule is CCn1c(SCc2nc3cc(Cl)ccc3n2Cc2ccccc2)nnc1C1CC1. The summed E-state index contributed by atoms with van der Waals surface area (Å²) in [4.78, 5) is 4.89. The zero-order valence-corrected chi connectivity index (χ0v) is 17.8. The highest BCUT2D eigenvalue weighted by atomic mass is 35.5. The molecule has 7 heteroatoms. The molecular weight excluding hydrogens is 402 g/mol. The Morgan fingerprint density at radius 1 is 1.07 bits per heavy atom. The Balaban J connectivity index is 1.47. The number of hydrogen-bond acceptors (Lipinski definition) is 4. The van der Waals surface area contributed by atoms with Crippen molar-refractivity contribution in [3.63, 3.8) is 0 Å². The van der Waals surface area contributed by atoms with Gasteiger partial charge in [0, 0.05) is 24.0 Å². The summed E-state index contributed by atoms with van der Waals surface area (Å²) in [5.41, 5.74) is 3.28. The van der Waals surface area contributed by atoms with E-state index in [0.717, 1.165) is 46.7 Å². The first-order valence-corrected chi connectivity index (χ1v) is 11.3. The number of benzene rings is 2. The van der Waals surface area contributed by atoms with Crippen molar-refractivity contribution in [3.05, 3.63) is 70.8 Å². The van der Waals surface area contributed by atoms with Crippen molar-refractivity contribution in [2.45, 2.75) is 49.7 Å². The van der Waals surface area contributed by atoms with Crippen LogP contribution in [0.5, 0.6) is 0 Å². The highest BCUT2D eigenvalue weighted by Crippen LogP contribution is 2.40. The Hall–Kier alpha value is -2.31. The molecule has 0 spiro atoms. The molecule has 5 nitrogen and oxygen atoms in total. The van der Waals surface area contributed by atoms with E-state index in [0.29, 0.717) is 10.9 Å². The summed E-state index contributed by atoms with van der Waals surface area (Å²) < 4.78 is 4.53. The molecule has 0 radical (unpaired) electrons. The van der Waals surface area contributed by atoms with Crippen LogP contribution in [0.1, 0.15) is 42.9 Å². The molecule has 4 aromatic rings. The summed E-state index contributed by atoms with van der Waals surface area (Å²) in [5.74, 6) is 3.50. The van der Waals surface area contributed by atoms with E-state index >= 15 is 0 Å². The lowest BCUT2D eigenvalue weighted by molar-refractivity contribution is 0.643. The van der Waals surface area contributed by atoms with Gasteiger partial charge in [0.05, 0.1) is 16.8 Å². The highest BCUT2D eigenvalue weighted by molar-refractivity contribution is 7.98. The molecule has 2 aromatic carbocycles. The van der Waals surface area contributed by atoms with Crippen molar-refractivity contribution in [3.8, 4) is 0 Å². The van der Waals surface area contributed by atoms with Gasteiger partial charge in [0.15, 0.2) is 5.16 Å². The molecule has 0 N–H and O–H groups in total. The van der Waals surface area contributed by atoms with Crippen LogP contribution < -0.4 is 0 Å². The number of hydrogen-bond donors (Lipinski definition) is 0. The molecule has 1 fully saturated rings. The Bertz CT molecular complexity index is 1150. The van der Waals surface area contributed by atoms with Crippen LogP contribution in [0.2, 0.25) is 5.02 Å². The van der Waals surface area contributed by atoms with Gasteiger partial charge in [-0.1, -0.05) is 53.7 Å². The van der Waals surface area contributed by atoms with Gasteiger partial charge in [-0.3, -0.25) is 0 Å². The van der Waals surface area contributed by atoms with E-state index in [4.69, 9.17) is 16.6 Å². The number of fused-ring (bicyclic) bond motifs is 1. The number of rotatable bonds is 7. The Kier molecular flexibility index (Phi) is 5.06. The van der Waals surface area contributed by atoms with Gasteiger partial charge in [0.1, 0.15) is 11.6 Å². The quantitative estimate of drug-likeness (QED) is 0.367. The molecule has 1 aliphatic carbocycles. The van der Waals surface area contributed by atoms with Crippen LogP contribution in [0.25, 0.3) is 11.0 Å². The molecule has 0 unspecified atom stereocenters. The lowest BCUT2D eigenvalue weighted by atomic mass is 10.2. The van der Waals surface area contributed by atoms with Crippen LogP contribution >= 0.6 is 23.4 Å². The summed E-state index contributed by atoms with van der Waals surface area (Å²) >= 11 is 7.92. The molecule has 0 aliphatic heterocycles. The molecule has 0 amide bonds. The van der Waals surface area contributed by atoms with Crippen LogP contribution in [-0.2, 0) is 18.8 Å². The lowest BCUT2D eigenvalue weighted by Gasteiger charge is -2.10. The second kappa shape index (κ2) is 7.84. The van der Waals surface area contributed by atoms with Crippen molar-refractivity contribution in [1.82, 2.24) is 24.3 Å². The van der Waals surface area contributed by atoms with E-state index in [1.807, 2.05) is 18.2 Å². The zero-order valence-electron chi connectivity index (χ0n) is 16.3. The van der Waals surface area contributed by atoms with Crippen molar-refractivity contribution >= 4 is 34.4 Å². The molecule has 5 rings (SSSR count). The number of imidazole rings is 1. The van der Waals surface area contributed by atoms with Gasteiger partial charge < -0.3 is 9.13 Å². The molecule has 1 aliphatic rings. The minimum absolute atomic E-state index is 0.599. The van der Waals surface area contributed by atoms with Gasteiger partial charge in [-0.15, -0.1) is 10.2 Å². The highest BCUT2D eigenvalue weighted by Gasteiger charge is 2.30. The topological polar surface area (TPSA) is 48.5 Å². The van der Waals surface area contributed by atoms with E-state index < -0.39 is 0 Å². The van der Waals surface area contributed by atoms with Gasteiger partial charge >= 0.3 is 0 Å². The zero-order chi connectivity index (χ0) is 19.8. The van der Waals surface area contributed by atoms with Crippen LogP contribution in [0, 0.1) is 0 Å². The fourth-order valence-electron chi connectivity index (χ4n) is 3.68. The predicted octanol–water partition coefficient (Wildman–Crippen LogP) is 5.52. The number of halogens is 1. The molecule has 29 heavy (non-hydrogen) atoms. The summed E-state index contributed by atoms with van der Waals surface area (Å²) in [5, 5.41) is 10.6. The third-order valence-corrected chi connectivity index (χ3v) is 6.51. The number of thioether (sulfide) groups is 1. The summed E-state index contributed by atoms with van der Waals surface area (Å²) in [7, 11) is 0. The van der Waals surface area contributed by atoms with Crippen LogP contribution in [-0.4, -0.2) is 24.3 Å². The molecule has 148 valence electrons. The van der Waals surface area contributed by atoms with Gasteiger partial charge in [-0.05, 0) is 43.5 Å². The molecule has 0 saturated heterocycles. The Morgan fingerprint density at radius 2 is 1.90 bits per heavy atom. The molecule has 0 bridgehead atoms. The third-order valence-electron chi connectivity index (χ3n) is 5.31. The van der Waals surface area contributed by atoms with E-state index in [1.54, 1.807) is 11.8 Å². The van der Waals surface area contributed by atoms with Crippen molar-refractivity contribution in [2.24, 2.45) is 0 Å². The van der Waals surface area contributed by atoms with Gasteiger partial charge in [0.25, 0.3) is 0 Å². The fraction of sp³-hybridized carbons (Fsp3) is 0.318. The maximum Gasteiger partial charge on any atom is 0.191 e. The van der Waals surface area contributed by atoms with Crippen LogP contribution in [0.15, 0.2) is 53.7 Å². The van der Waals surface area contributed by atoms with Gasteiger partial charge in [-0.2, -0.15) is 0 Å². The van der Waals surface area contributed by atoms with Gasteiger partial charge in [-0.25, -0.2) is 4.98 Å². The van der Waals surface area contributed by atoms with E-state index in [-0.39, 0.29) is 0 Å². The van der Waals surface area contributed by atoms with Crippen LogP contribution in [0.3, 0.4) is 0 Å². The average molecular weight is 424 g/mol. The molecular formula is C22H22ClN5S. The third kappa shape index (κ3) is 3.79. The molecule has 2 heterocycles. The maximum atomic E-state index is 6.22. The molecule has 2 aromatic heterocycles. The average Bonchev–Trinajstić information content (AvgIpc) is 3.41. The first kappa shape index (κ1) is 18.7. The second-order valence-corrected chi connectivity index (χ2v) is 8.76. The lowest BCUT2D eigenvalue weighted by Crippen LogP contribution is -2.05. The summed E-state index contributed by atoms with van der Waals surface area (Å²) in [6.07, 6.45) is 2.47. The van der Waals surface area contributed by atoms with Crippen molar-refractivity contribution in [1.29, 1.82) is 0 Å². The minimum Gasteiger partial charge on any atom is -0.323 e. The molecule has 1 saturated carbocycles. The number of nitrogens with zero attached hydrogens (tertiary/aromatic N) is 5. The smallest absolute Gasteiger partial charge is 0.191 e. The van der Waals surface area contributed by atoms with Crippen molar-refractivity contribution in [2.75, 3.05) is 0 Å².